The smallest absolute Gasteiger partial charge is 0.0494 e. The van der Waals surface area contributed by atoms with Crippen molar-refractivity contribution in [3.8, 4) is 0 Å². The first-order valence-corrected chi connectivity index (χ1v) is 7.24. The molecule has 0 radical (unpaired) electrons. The number of para-hydroxylation sites is 2. The minimum atomic E-state index is 0.400. The van der Waals surface area contributed by atoms with Crippen molar-refractivity contribution >= 4 is 21.8 Å². The highest BCUT2D eigenvalue weighted by atomic mass is 15.0. The molecule has 3 aromatic rings. The van der Waals surface area contributed by atoms with Gasteiger partial charge in [0.25, 0.3) is 0 Å². The lowest BCUT2D eigenvalue weighted by Crippen LogP contribution is -2.14. The predicted molar refractivity (Wildman–Crippen MR) is 88.1 cm³/mol. The maximum Gasteiger partial charge on any atom is 0.0494 e. The van der Waals surface area contributed by atoms with Gasteiger partial charge in [-0.15, -0.1) is 0 Å². The second-order valence-electron chi connectivity index (χ2n) is 5.78. The summed E-state index contributed by atoms with van der Waals surface area (Å²) in [5.41, 5.74) is 3.86. The zero-order chi connectivity index (χ0) is 14.3. The Hall–Kier alpha value is -2.02. The minimum absolute atomic E-state index is 0.400. The van der Waals surface area contributed by atoms with E-state index in [1.807, 2.05) is 0 Å². The van der Waals surface area contributed by atoms with Crippen LogP contribution >= 0.6 is 0 Å². The molecule has 102 valence electrons. The maximum atomic E-state index is 4.13. The summed E-state index contributed by atoms with van der Waals surface area (Å²) >= 11 is 0. The summed E-state index contributed by atoms with van der Waals surface area (Å²) in [7, 11) is 0. The van der Waals surface area contributed by atoms with Gasteiger partial charge in [0.05, 0.1) is 0 Å². The normalized spacial score (nSPS) is 14.6. The molecule has 0 aliphatic carbocycles. The van der Waals surface area contributed by atoms with Gasteiger partial charge in [0.2, 0.25) is 0 Å². The number of nitrogens with zero attached hydrogens (tertiary/aromatic N) is 1. The molecule has 1 nitrogen and oxygen atoms in total. The van der Waals surface area contributed by atoms with Crippen LogP contribution in [0.1, 0.15) is 26.8 Å². The topological polar surface area (TPSA) is 4.93 Å². The molecule has 2 unspecified atom stereocenters. The van der Waals surface area contributed by atoms with E-state index < -0.39 is 0 Å². The summed E-state index contributed by atoms with van der Waals surface area (Å²) in [6, 6.07) is 17.7. The van der Waals surface area contributed by atoms with Crippen LogP contribution in [0.5, 0.6) is 0 Å². The van der Waals surface area contributed by atoms with Crippen molar-refractivity contribution in [2.45, 2.75) is 26.8 Å². The maximum absolute atomic E-state index is 4.13. The molecular formula is C19H21N. The number of hydrogen-bond acceptors (Lipinski definition) is 0. The van der Waals surface area contributed by atoms with E-state index in [2.05, 4.69) is 80.4 Å². The Morgan fingerprint density at radius 1 is 0.900 bits per heavy atom. The highest BCUT2D eigenvalue weighted by Crippen LogP contribution is 2.35. The van der Waals surface area contributed by atoms with E-state index in [-0.39, 0.29) is 0 Å². The summed E-state index contributed by atoms with van der Waals surface area (Å²) in [5.74, 6) is 0.453. The van der Waals surface area contributed by atoms with Gasteiger partial charge in [-0.2, -0.15) is 0 Å². The van der Waals surface area contributed by atoms with E-state index in [0.29, 0.717) is 12.0 Å². The number of allylic oxidation sites excluding steroid dienone is 1. The summed E-state index contributed by atoms with van der Waals surface area (Å²) in [4.78, 5) is 0. The average Bonchev–Trinajstić information content (AvgIpc) is 2.80. The summed E-state index contributed by atoms with van der Waals surface area (Å²) in [5, 5.41) is 2.67. The fraction of sp³-hybridized carbons (Fsp3) is 0.263. The van der Waals surface area contributed by atoms with Crippen LogP contribution in [0.15, 0.2) is 60.7 Å². The van der Waals surface area contributed by atoms with Crippen LogP contribution in [0, 0.1) is 5.92 Å². The average molecular weight is 263 g/mol. The Labute approximate surface area is 120 Å². The largest absolute Gasteiger partial charge is 0.337 e. The Morgan fingerprint density at radius 3 is 1.80 bits per heavy atom. The molecular weight excluding hydrogens is 242 g/mol. The fourth-order valence-electron chi connectivity index (χ4n) is 3.03. The first-order chi connectivity index (χ1) is 9.61. The van der Waals surface area contributed by atoms with Crippen molar-refractivity contribution < 1.29 is 0 Å². The molecule has 1 aromatic heterocycles. The van der Waals surface area contributed by atoms with Crippen LogP contribution < -0.4 is 0 Å². The van der Waals surface area contributed by atoms with Gasteiger partial charge in [0.1, 0.15) is 0 Å². The van der Waals surface area contributed by atoms with E-state index in [0.717, 1.165) is 0 Å². The molecule has 0 spiro atoms. The van der Waals surface area contributed by atoms with E-state index in [9.17, 15) is 0 Å². The SMILES string of the molecule is C=C(C)C(C)C(C)n1c2ccccc2c2ccccc21. The third kappa shape index (κ3) is 1.85. The lowest BCUT2D eigenvalue weighted by molar-refractivity contribution is 0.448. The minimum Gasteiger partial charge on any atom is -0.337 e. The van der Waals surface area contributed by atoms with Gasteiger partial charge in [0, 0.05) is 27.8 Å². The molecule has 0 aliphatic heterocycles. The van der Waals surface area contributed by atoms with Crippen LogP contribution in [0.4, 0.5) is 0 Å². The van der Waals surface area contributed by atoms with Crippen LogP contribution in [-0.2, 0) is 0 Å². The van der Waals surface area contributed by atoms with Gasteiger partial charge >= 0.3 is 0 Å². The molecule has 2 aromatic carbocycles. The van der Waals surface area contributed by atoms with Crippen LogP contribution in [0.2, 0.25) is 0 Å². The molecule has 3 rings (SSSR count). The van der Waals surface area contributed by atoms with E-state index in [4.69, 9.17) is 0 Å². The quantitative estimate of drug-likeness (QED) is 0.544. The Kier molecular flexibility index (Phi) is 3.13. The van der Waals surface area contributed by atoms with Crippen molar-refractivity contribution in [2.24, 2.45) is 5.92 Å². The second-order valence-corrected chi connectivity index (χ2v) is 5.78. The van der Waals surface area contributed by atoms with Crippen molar-refractivity contribution in [1.29, 1.82) is 0 Å². The van der Waals surface area contributed by atoms with Gasteiger partial charge in [0.15, 0.2) is 0 Å². The van der Waals surface area contributed by atoms with Gasteiger partial charge in [-0.05, 0) is 31.9 Å². The van der Waals surface area contributed by atoms with Crippen molar-refractivity contribution in [3.05, 3.63) is 60.7 Å². The van der Waals surface area contributed by atoms with E-state index in [1.165, 1.54) is 27.4 Å². The third-order valence-electron chi connectivity index (χ3n) is 4.53. The lowest BCUT2D eigenvalue weighted by atomic mass is 9.96. The van der Waals surface area contributed by atoms with Gasteiger partial charge in [-0.25, -0.2) is 0 Å². The first kappa shape index (κ1) is 13.0. The molecule has 0 aliphatic rings. The summed E-state index contributed by atoms with van der Waals surface area (Å²) in [6.07, 6.45) is 0. The van der Waals surface area contributed by atoms with Crippen molar-refractivity contribution in [1.82, 2.24) is 4.57 Å². The van der Waals surface area contributed by atoms with E-state index in [1.54, 1.807) is 0 Å². The fourth-order valence-corrected chi connectivity index (χ4v) is 3.03. The zero-order valence-corrected chi connectivity index (χ0v) is 12.4. The van der Waals surface area contributed by atoms with Gasteiger partial charge < -0.3 is 4.57 Å². The Morgan fingerprint density at radius 2 is 1.35 bits per heavy atom. The summed E-state index contributed by atoms with van der Waals surface area (Å²) in [6.45, 7) is 10.8. The number of benzene rings is 2. The highest BCUT2D eigenvalue weighted by molar-refractivity contribution is 6.08. The standard InChI is InChI=1S/C19H21N/c1-13(2)14(3)15(4)20-18-11-7-5-9-16(18)17-10-6-8-12-19(17)20/h5-12,14-15H,1H2,2-4H3. The van der Waals surface area contributed by atoms with Crippen LogP contribution in [0.25, 0.3) is 21.8 Å². The second kappa shape index (κ2) is 4.82. The molecule has 1 heteroatoms. The first-order valence-electron chi connectivity index (χ1n) is 7.24. The van der Waals surface area contributed by atoms with Gasteiger partial charge in [-0.1, -0.05) is 55.5 Å². The number of aromatic nitrogens is 1. The van der Waals surface area contributed by atoms with Crippen molar-refractivity contribution in [2.75, 3.05) is 0 Å². The molecule has 0 fully saturated rings. The molecule has 0 saturated heterocycles. The predicted octanol–water partition coefficient (Wildman–Crippen LogP) is 5.57. The molecule has 2 atom stereocenters. The number of hydrogen-bond donors (Lipinski definition) is 0. The van der Waals surface area contributed by atoms with Crippen molar-refractivity contribution in [3.63, 3.8) is 0 Å². The highest BCUT2D eigenvalue weighted by Gasteiger charge is 2.19. The summed E-state index contributed by atoms with van der Waals surface area (Å²) < 4.78 is 2.46. The molecule has 1 heterocycles. The Balaban J connectivity index is 2.34. The van der Waals surface area contributed by atoms with E-state index >= 15 is 0 Å². The molecule has 0 amide bonds. The number of rotatable bonds is 3. The molecule has 0 bridgehead atoms. The molecule has 0 saturated carbocycles. The molecule has 0 N–H and O–H groups in total. The Bertz CT molecular complexity index is 725. The molecule has 20 heavy (non-hydrogen) atoms. The monoisotopic (exact) mass is 263 g/mol. The zero-order valence-electron chi connectivity index (χ0n) is 12.4. The third-order valence-corrected chi connectivity index (χ3v) is 4.53. The van der Waals surface area contributed by atoms with Crippen LogP contribution in [-0.4, -0.2) is 4.57 Å². The number of fused-ring (bicyclic) bond motifs is 3. The van der Waals surface area contributed by atoms with Gasteiger partial charge in [-0.3, -0.25) is 0 Å². The van der Waals surface area contributed by atoms with Crippen LogP contribution in [0.3, 0.4) is 0 Å². The lowest BCUT2D eigenvalue weighted by Gasteiger charge is -2.24.